The van der Waals surface area contributed by atoms with Gasteiger partial charge in [-0.1, -0.05) is 41.4 Å². The number of benzene rings is 2. The number of imidazole rings is 1. The number of hydrogen-bond donors (Lipinski definition) is 3. The summed E-state index contributed by atoms with van der Waals surface area (Å²) in [6.07, 6.45) is 0.724. The number of hydrogen-bond acceptors (Lipinski definition) is 5. The first-order valence-corrected chi connectivity index (χ1v) is 12.0. The highest BCUT2D eigenvalue weighted by Gasteiger charge is 2.37. The van der Waals surface area contributed by atoms with Crippen molar-refractivity contribution in [3.63, 3.8) is 0 Å². The summed E-state index contributed by atoms with van der Waals surface area (Å²) in [6, 6.07) is 13.0. The Morgan fingerprint density at radius 3 is 2.90 bits per heavy atom. The lowest BCUT2D eigenvalue weighted by atomic mass is 10.1. The Labute approximate surface area is 195 Å². The summed E-state index contributed by atoms with van der Waals surface area (Å²) in [4.78, 5) is 23.0. The topological polar surface area (TPSA) is 81.2 Å². The summed E-state index contributed by atoms with van der Waals surface area (Å²) in [5, 5.41) is 13.7. The Morgan fingerprint density at radius 2 is 2.13 bits per heavy atom. The van der Waals surface area contributed by atoms with Gasteiger partial charge in [0.05, 0.1) is 30.2 Å². The smallest absolute Gasteiger partial charge is 0.237 e. The van der Waals surface area contributed by atoms with E-state index in [1.807, 2.05) is 36.4 Å². The third-order valence-electron chi connectivity index (χ3n) is 5.37. The van der Waals surface area contributed by atoms with E-state index in [-0.39, 0.29) is 23.8 Å². The molecule has 3 N–H and O–H groups in total. The van der Waals surface area contributed by atoms with Gasteiger partial charge in [-0.3, -0.25) is 9.69 Å². The second-order valence-electron chi connectivity index (χ2n) is 7.55. The highest BCUT2D eigenvalue weighted by atomic mass is 35.5. The van der Waals surface area contributed by atoms with E-state index in [2.05, 4.69) is 20.2 Å². The molecule has 6 nitrogen and oxygen atoms in total. The van der Waals surface area contributed by atoms with E-state index in [1.54, 1.807) is 17.8 Å². The number of nitrogens with one attached hydrogen (secondary N) is 2. The number of halogens is 2. The maximum atomic E-state index is 13.1. The number of para-hydroxylation sites is 2. The molecule has 164 valence electrons. The molecule has 0 spiro atoms. The molecule has 2 atom stereocenters. The maximum absolute atomic E-state index is 13.1. The molecular weight excluding hydrogens is 455 g/mol. The van der Waals surface area contributed by atoms with Gasteiger partial charge in [0, 0.05) is 34.1 Å². The van der Waals surface area contributed by atoms with Gasteiger partial charge in [0.2, 0.25) is 5.91 Å². The van der Waals surface area contributed by atoms with Crippen LogP contribution in [0, 0.1) is 0 Å². The molecule has 1 aliphatic heterocycles. The lowest BCUT2D eigenvalue weighted by molar-refractivity contribution is -0.125. The molecule has 0 aliphatic carbocycles. The molecule has 4 rings (SSSR count). The number of thioether (sulfide) groups is 1. The molecule has 31 heavy (non-hydrogen) atoms. The lowest BCUT2D eigenvalue weighted by Crippen LogP contribution is -2.42. The average molecular weight is 479 g/mol. The third kappa shape index (κ3) is 5.54. The highest BCUT2D eigenvalue weighted by molar-refractivity contribution is 7.99. The quantitative estimate of drug-likeness (QED) is 0.457. The average Bonchev–Trinajstić information content (AvgIpc) is 3.36. The summed E-state index contributed by atoms with van der Waals surface area (Å²) in [6.45, 7) is 1.79. The van der Waals surface area contributed by atoms with Crippen LogP contribution in [0.5, 0.6) is 0 Å². The zero-order chi connectivity index (χ0) is 21.8. The van der Waals surface area contributed by atoms with Crippen LogP contribution in [0.15, 0.2) is 42.5 Å². The second-order valence-corrected chi connectivity index (χ2v) is 9.80. The fraction of sp³-hybridized carbons (Fsp3) is 0.364. The van der Waals surface area contributed by atoms with E-state index in [0.29, 0.717) is 28.9 Å². The van der Waals surface area contributed by atoms with Crippen LogP contribution in [-0.4, -0.2) is 56.1 Å². The van der Waals surface area contributed by atoms with E-state index in [0.717, 1.165) is 35.4 Å². The van der Waals surface area contributed by atoms with Gasteiger partial charge in [-0.2, -0.15) is 11.8 Å². The lowest BCUT2D eigenvalue weighted by Gasteiger charge is -2.24. The number of amides is 1. The molecular formula is C22H24Cl2N4O2S. The number of H-pyrrole nitrogens is 1. The Balaban J connectivity index is 1.44. The largest absolute Gasteiger partial charge is 0.396 e. The third-order valence-corrected chi connectivity index (χ3v) is 7.19. The number of fused-ring (bicyclic) bond motifs is 1. The van der Waals surface area contributed by atoms with Crippen LogP contribution < -0.4 is 5.32 Å². The predicted molar refractivity (Wildman–Crippen MR) is 127 cm³/mol. The van der Waals surface area contributed by atoms with Crippen LogP contribution in [0.3, 0.4) is 0 Å². The van der Waals surface area contributed by atoms with E-state index >= 15 is 0 Å². The van der Waals surface area contributed by atoms with Gasteiger partial charge in [-0.25, -0.2) is 4.98 Å². The summed E-state index contributed by atoms with van der Waals surface area (Å²) in [7, 11) is 0. The van der Waals surface area contributed by atoms with E-state index in [9.17, 15) is 9.90 Å². The molecule has 2 aromatic carbocycles. The van der Waals surface area contributed by atoms with Crippen molar-refractivity contribution < 1.29 is 9.90 Å². The van der Waals surface area contributed by atoms with Crippen LogP contribution >= 0.6 is 35.0 Å². The normalized spacial score (nSPS) is 19.2. The molecule has 1 saturated heterocycles. The van der Waals surface area contributed by atoms with Crippen molar-refractivity contribution >= 4 is 51.9 Å². The first kappa shape index (κ1) is 22.4. The van der Waals surface area contributed by atoms with Crippen molar-refractivity contribution in [3.05, 3.63) is 63.9 Å². The predicted octanol–water partition coefficient (Wildman–Crippen LogP) is 3.85. The Bertz CT molecular complexity index is 1030. The maximum Gasteiger partial charge on any atom is 0.237 e. The second kappa shape index (κ2) is 10.2. The van der Waals surface area contributed by atoms with Crippen LogP contribution in [0.1, 0.15) is 17.8 Å². The van der Waals surface area contributed by atoms with E-state index in [4.69, 9.17) is 23.2 Å². The first-order chi connectivity index (χ1) is 15.0. The SMILES string of the molecule is O=C(NCc1nc2ccccc2[nH]1)C1CC(SCCO)CN1Cc1ccc(Cl)cc1Cl. The highest BCUT2D eigenvalue weighted by Crippen LogP contribution is 2.31. The number of aromatic nitrogens is 2. The van der Waals surface area contributed by atoms with Crippen LogP contribution in [0.25, 0.3) is 11.0 Å². The number of rotatable bonds is 8. The molecule has 1 fully saturated rings. The van der Waals surface area contributed by atoms with Gasteiger partial charge >= 0.3 is 0 Å². The summed E-state index contributed by atoms with van der Waals surface area (Å²) in [5.74, 6) is 1.36. The molecule has 9 heteroatoms. The van der Waals surface area contributed by atoms with Crippen molar-refractivity contribution in [2.45, 2.75) is 30.8 Å². The van der Waals surface area contributed by atoms with Crippen LogP contribution in [0.4, 0.5) is 0 Å². The first-order valence-electron chi connectivity index (χ1n) is 10.2. The summed E-state index contributed by atoms with van der Waals surface area (Å²) < 4.78 is 0. The fourth-order valence-electron chi connectivity index (χ4n) is 3.90. The summed E-state index contributed by atoms with van der Waals surface area (Å²) in [5.41, 5.74) is 2.77. The van der Waals surface area contributed by atoms with Gasteiger partial charge in [-0.05, 0) is 36.2 Å². The number of carbonyl (C=O) groups is 1. The van der Waals surface area contributed by atoms with Crippen molar-refractivity contribution in [3.8, 4) is 0 Å². The molecule has 3 aromatic rings. The zero-order valence-corrected chi connectivity index (χ0v) is 19.2. The molecule has 2 unspecified atom stereocenters. The Kier molecular flexibility index (Phi) is 7.40. The molecule has 1 aromatic heterocycles. The van der Waals surface area contributed by atoms with E-state index < -0.39 is 0 Å². The number of aliphatic hydroxyl groups is 1. The Morgan fingerprint density at radius 1 is 1.29 bits per heavy atom. The van der Waals surface area contributed by atoms with Gasteiger partial charge in [0.1, 0.15) is 5.82 Å². The molecule has 1 amide bonds. The van der Waals surface area contributed by atoms with Crippen LogP contribution in [0.2, 0.25) is 10.0 Å². The molecule has 1 aliphatic rings. The van der Waals surface area contributed by atoms with Gasteiger partial charge in [-0.15, -0.1) is 0 Å². The van der Waals surface area contributed by atoms with Crippen molar-refractivity contribution in [2.24, 2.45) is 0 Å². The van der Waals surface area contributed by atoms with Crippen molar-refractivity contribution in [1.82, 2.24) is 20.2 Å². The van der Waals surface area contributed by atoms with Gasteiger partial charge in [0.15, 0.2) is 0 Å². The number of likely N-dealkylation sites (tertiary alicyclic amines) is 1. The minimum Gasteiger partial charge on any atom is -0.396 e. The number of aromatic amines is 1. The minimum absolute atomic E-state index is 0.0300. The van der Waals surface area contributed by atoms with Crippen molar-refractivity contribution in [2.75, 3.05) is 18.9 Å². The van der Waals surface area contributed by atoms with Crippen LogP contribution in [-0.2, 0) is 17.9 Å². The van der Waals surface area contributed by atoms with E-state index in [1.165, 1.54) is 0 Å². The van der Waals surface area contributed by atoms with Gasteiger partial charge < -0.3 is 15.4 Å². The summed E-state index contributed by atoms with van der Waals surface area (Å²) >= 11 is 14.1. The Hall–Kier alpha value is -1.77. The molecule has 0 radical (unpaired) electrons. The zero-order valence-electron chi connectivity index (χ0n) is 16.9. The number of nitrogens with zero attached hydrogens (tertiary/aromatic N) is 2. The van der Waals surface area contributed by atoms with Crippen molar-refractivity contribution in [1.29, 1.82) is 0 Å². The molecule has 0 saturated carbocycles. The minimum atomic E-state index is -0.271. The number of carbonyl (C=O) groups excluding carboxylic acids is 1. The fourth-order valence-corrected chi connectivity index (χ4v) is 5.42. The standard InChI is InChI=1S/C22H24Cl2N4O2S/c23-15-6-5-14(17(24)9-15)12-28-13-16(31-8-7-29)10-20(28)22(30)25-11-21-26-18-3-1-2-4-19(18)27-21/h1-6,9,16,20,29H,7-8,10-13H2,(H,25,30)(H,26,27). The van der Waals surface area contributed by atoms with Gasteiger partial charge in [0.25, 0.3) is 0 Å². The number of aliphatic hydroxyl groups excluding tert-OH is 1. The molecule has 2 heterocycles. The monoisotopic (exact) mass is 478 g/mol. The molecule has 0 bridgehead atoms.